The normalized spacial score (nSPS) is 7.50. The van der Waals surface area contributed by atoms with E-state index in [-0.39, 0.29) is 59.1 Å². The standard InChI is InChI=1S/2Na.2H2O.5O.3Ti/h;;2*1H2;;;;;;;;/q;;;;;;;;;;2*+1/p-2. The molecule has 12 heteroatoms. The van der Waals surface area contributed by atoms with Crippen LogP contribution in [0.25, 0.3) is 0 Å². The summed E-state index contributed by atoms with van der Waals surface area (Å²) in [6.45, 7) is 0. The molecule has 0 saturated carbocycles. The molecule has 12 heavy (non-hydrogen) atoms. The van der Waals surface area contributed by atoms with Crippen LogP contribution in [0.1, 0.15) is 0 Å². The van der Waals surface area contributed by atoms with Crippen molar-refractivity contribution in [3.63, 3.8) is 0 Å². The third-order valence-electron chi connectivity index (χ3n) is 0.341. The molecule has 0 spiro atoms. The summed E-state index contributed by atoms with van der Waals surface area (Å²) in [6, 6.07) is 0. The van der Waals surface area contributed by atoms with Crippen LogP contribution in [0.3, 0.4) is 0 Å². The first kappa shape index (κ1) is 20.8. The summed E-state index contributed by atoms with van der Waals surface area (Å²) < 4.78 is 53.5. The summed E-state index contributed by atoms with van der Waals surface area (Å²) in [6.07, 6.45) is 0. The van der Waals surface area contributed by atoms with Crippen molar-refractivity contribution in [3.05, 3.63) is 0 Å². The summed E-state index contributed by atoms with van der Waals surface area (Å²) in [5.74, 6) is 0. The molecule has 0 aliphatic rings. The zero-order chi connectivity index (χ0) is 8.15. The molecular weight excluding hydrogens is 302 g/mol. The van der Waals surface area contributed by atoms with E-state index in [1.165, 1.54) is 0 Å². The van der Waals surface area contributed by atoms with Gasteiger partial charge in [-0.15, -0.1) is 0 Å². The Bertz CT molecular complexity index is 159. The van der Waals surface area contributed by atoms with E-state index < -0.39 is 55.8 Å². The fourth-order valence-electron chi connectivity index (χ4n) is 0.163. The minimum atomic E-state index is -3.86. The molecule has 0 saturated heterocycles. The number of hydrogen-bond acceptors (Lipinski definition) is 5. The van der Waals surface area contributed by atoms with Gasteiger partial charge in [0.05, 0.1) is 0 Å². The molecule has 0 atom stereocenters. The van der Waals surface area contributed by atoms with Gasteiger partial charge in [-0.1, -0.05) is 0 Å². The van der Waals surface area contributed by atoms with Gasteiger partial charge in [-0.05, 0) is 0 Å². The molecule has 0 aromatic heterocycles. The second-order valence-corrected chi connectivity index (χ2v) is 6.69. The van der Waals surface area contributed by atoms with Crippen LogP contribution >= 0.6 is 0 Å². The molecule has 0 aliphatic heterocycles. The zero-order valence-corrected chi connectivity index (χ0v) is 15.1. The van der Waals surface area contributed by atoms with Crippen LogP contribution < -0.4 is 0 Å². The van der Waals surface area contributed by atoms with E-state index in [1.54, 1.807) is 0 Å². The van der Waals surface area contributed by atoms with Crippen molar-refractivity contribution in [1.82, 2.24) is 0 Å². The average Bonchev–Trinajstić information content (AvgIpc) is 1.58. The Balaban J connectivity index is -0.000000405. The molecule has 0 aliphatic carbocycles. The van der Waals surface area contributed by atoms with E-state index >= 15 is 0 Å². The first-order chi connectivity index (χ1) is 4.52. The van der Waals surface area contributed by atoms with Crippen LogP contribution in [-0.4, -0.2) is 66.5 Å². The van der Waals surface area contributed by atoms with Gasteiger partial charge in [0.1, 0.15) is 0 Å². The van der Waals surface area contributed by atoms with E-state index in [9.17, 15) is 9.97 Å². The molecule has 0 aromatic rings. The van der Waals surface area contributed by atoms with Crippen molar-refractivity contribution >= 4 is 59.1 Å². The fraction of sp³-hybridized carbons (Fsp3) is 0. The Kier molecular flexibility index (Phi) is 21.5. The molecule has 0 bridgehead atoms. The number of rotatable bonds is 4. The molecule has 0 aromatic carbocycles. The van der Waals surface area contributed by atoms with Crippen LogP contribution in [-0.2, 0) is 69.6 Å². The Morgan fingerprint density at radius 2 is 1.08 bits per heavy atom. The molecule has 7 nitrogen and oxygen atoms in total. The summed E-state index contributed by atoms with van der Waals surface area (Å²) in [5, 5.41) is 0. The topological polar surface area (TPSA) is 110 Å². The maximum atomic E-state index is 10.2. The van der Waals surface area contributed by atoms with Gasteiger partial charge < -0.3 is 0 Å². The molecule has 2 radical (unpaired) electrons. The van der Waals surface area contributed by atoms with Crippen LogP contribution in [0.2, 0.25) is 0 Å². The monoisotopic (exact) mass is 304 g/mol. The van der Waals surface area contributed by atoms with Crippen molar-refractivity contribution in [2.24, 2.45) is 0 Å². The predicted molar refractivity (Wildman–Crippen MR) is 20.2 cm³/mol. The molecule has 0 fully saturated rings. The molecule has 0 amide bonds. The van der Waals surface area contributed by atoms with Crippen molar-refractivity contribution in [1.29, 1.82) is 0 Å². The van der Waals surface area contributed by atoms with Gasteiger partial charge in [0.25, 0.3) is 0 Å². The van der Waals surface area contributed by atoms with Crippen molar-refractivity contribution in [2.45, 2.75) is 0 Å². The van der Waals surface area contributed by atoms with E-state index in [4.69, 9.17) is 7.38 Å². The quantitative estimate of drug-likeness (QED) is 0.558. The SMILES string of the molecule is [Na].[Na].[O]=[Ti]([OH])[O][Ti](=[O])[O][Ti](=[O])[OH]. The summed E-state index contributed by atoms with van der Waals surface area (Å²) in [7, 11) is 0. The van der Waals surface area contributed by atoms with Gasteiger partial charge in [0, 0.05) is 59.1 Å². The third-order valence-corrected chi connectivity index (χ3v) is 5.80. The second kappa shape index (κ2) is 12.5. The van der Waals surface area contributed by atoms with E-state index in [0.29, 0.717) is 0 Å². The Hall–Kier alpha value is 3.38. The fourth-order valence-corrected chi connectivity index (χ4v) is 3.88. The first-order valence-corrected chi connectivity index (χ1v) is 7.74. The van der Waals surface area contributed by atoms with Gasteiger partial charge >= 0.3 is 77.0 Å². The van der Waals surface area contributed by atoms with E-state index in [0.717, 1.165) is 0 Å². The van der Waals surface area contributed by atoms with Crippen LogP contribution in [0.5, 0.6) is 0 Å². The predicted octanol–water partition coefficient (Wildman–Crippen LogP) is -2.38. The van der Waals surface area contributed by atoms with Gasteiger partial charge in [-0.2, -0.15) is 0 Å². The van der Waals surface area contributed by atoms with Crippen LogP contribution in [0, 0.1) is 0 Å². The Morgan fingerprint density at radius 1 is 0.833 bits per heavy atom. The summed E-state index contributed by atoms with van der Waals surface area (Å²) >= 11 is -11.5. The van der Waals surface area contributed by atoms with E-state index in [1.807, 2.05) is 0 Å². The zero-order valence-electron chi connectivity index (χ0n) is 6.44. The molecule has 0 heterocycles. The van der Waals surface area contributed by atoms with Gasteiger partial charge in [0.15, 0.2) is 0 Å². The average molecular weight is 304 g/mol. The number of hydrogen-bond donors (Lipinski definition) is 2. The van der Waals surface area contributed by atoms with Gasteiger partial charge in [0.2, 0.25) is 0 Å². The molecular formula is H2Na2O7Ti3. The van der Waals surface area contributed by atoms with Crippen molar-refractivity contribution in [2.75, 3.05) is 0 Å². The second-order valence-electron chi connectivity index (χ2n) is 0.986. The molecule has 2 N–H and O–H groups in total. The van der Waals surface area contributed by atoms with Crippen LogP contribution in [0.4, 0.5) is 0 Å². The summed E-state index contributed by atoms with van der Waals surface area (Å²) in [4.78, 5) is 0. The van der Waals surface area contributed by atoms with Crippen molar-refractivity contribution < 1.29 is 77.0 Å². The minimum absolute atomic E-state index is 0. The van der Waals surface area contributed by atoms with Gasteiger partial charge in [-0.3, -0.25) is 0 Å². The molecule has 0 rings (SSSR count). The van der Waals surface area contributed by atoms with Gasteiger partial charge in [-0.25, -0.2) is 0 Å². The van der Waals surface area contributed by atoms with Crippen LogP contribution in [0.15, 0.2) is 0 Å². The maximum absolute atomic E-state index is 10.2. The third kappa shape index (κ3) is 15.8. The molecule has 0 unspecified atom stereocenters. The first-order valence-electron chi connectivity index (χ1n) is 1.88. The van der Waals surface area contributed by atoms with E-state index in [2.05, 4.69) is 3.80 Å². The Labute approximate surface area is 133 Å². The molecule has 58 valence electrons. The Morgan fingerprint density at radius 3 is 1.25 bits per heavy atom. The summed E-state index contributed by atoms with van der Waals surface area (Å²) in [5.41, 5.74) is 0. The van der Waals surface area contributed by atoms with Crippen molar-refractivity contribution in [3.8, 4) is 0 Å².